The topological polar surface area (TPSA) is 29.5 Å². The van der Waals surface area contributed by atoms with Gasteiger partial charge in [0.15, 0.2) is 0 Å². The number of ether oxygens (including phenoxy) is 1. The van der Waals surface area contributed by atoms with Crippen molar-refractivity contribution in [1.29, 1.82) is 0 Å². The van der Waals surface area contributed by atoms with E-state index >= 15 is 0 Å². The minimum absolute atomic E-state index is 0.208. The highest BCUT2D eigenvalue weighted by atomic mass is 16.6. The first-order chi connectivity index (χ1) is 8.58. The van der Waals surface area contributed by atoms with Crippen molar-refractivity contribution in [3.05, 3.63) is 29.3 Å². The summed E-state index contributed by atoms with van der Waals surface area (Å²) in [4.78, 5) is 13.8. The summed E-state index contributed by atoms with van der Waals surface area (Å²) in [7, 11) is 0. The normalized spacial score (nSPS) is 15.2. The summed E-state index contributed by atoms with van der Waals surface area (Å²) < 4.78 is 5.56. The van der Waals surface area contributed by atoms with Crippen LogP contribution in [0.15, 0.2) is 18.2 Å². The molecule has 0 aliphatic carbocycles. The zero-order valence-electron chi connectivity index (χ0n) is 11.4. The van der Waals surface area contributed by atoms with Crippen LogP contribution in [-0.2, 0) is 0 Å². The predicted octanol–water partition coefficient (Wildman–Crippen LogP) is 3.71. The summed E-state index contributed by atoms with van der Waals surface area (Å²) in [6.45, 7) is 7.87. The second-order valence-corrected chi connectivity index (χ2v) is 5.26. The molecule has 0 atom stereocenters. The maximum Gasteiger partial charge on any atom is 0.415 e. The molecule has 2 rings (SSSR count). The first-order valence-corrected chi connectivity index (χ1v) is 6.65. The fourth-order valence-electron chi connectivity index (χ4n) is 2.27. The Morgan fingerprint density at radius 1 is 1.28 bits per heavy atom. The largest absolute Gasteiger partial charge is 0.415 e. The lowest BCUT2D eigenvalue weighted by molar-refractivity contribution is 0.162. The lowest BCUT2D eigenvalue weighted by Crippen LogP contribution is -2.30. The molecule has 98 valence electrons. The molecule has 1 heterocycles. The number of nitrogens with zero attached hydrogens (tertiary/aromatic N) is 1. The third-order valence-corrected chi connectivity index (χ3v) is 3.35. The Labute approximate surface area is 109 Å². The smallest absolute Gasteiger partial charge is 0.410 e. The molecule has 18 heavy (non-hydrogen) atoms. The van der Waals surface area contributed by atoms with E-state index in [0.29, 0.717) is 11.7 Å². The molecule has 0 spiro atoms. The summed E-state index contributed by atoms with van der Waals surface area (Å²) in [6.07, 6.45) is 1.96. The number of carbonyl (C=O) groups excluding carboxylic acids is 1. The van der Waals surface area contributed by atoms with Crippen LogP contribution in [0.2, 0.25) is 0 Å². The molecule has 0 unspecified atom stereocenters. The van der Waals surface area contributed by atoms with Gasteiger partial charge in [0.05, 0.1) is 0 Å². The Bertz CT molecular complexity index is 434. The van der Waals surface area contributed by atoms with Gasteiger partial charge in [-0.25, -0.2) is 4.79 Å². The molecular weight excluding hydrogens is 226 g/mol. The average Bonchev–Trinajstić information content (AvgIpc) is 2.81. The Balaban J connectivity index is 2.16. The van der Waals surface area contributed by atoms with Crippen LogP contribution in [0, 0.1) is 6.92 Å². The minimum Gasteiger partial charge on any atom is -0.410 e. The molecule has 1 aromatic rings. The highest BCUT2D eigenvalue weighted by Crippen LogP contribution is 2.28. The molecular formula is C15H21NO2. The van der Waals surface area contributed by atoms with Gasteiger partial charge in [0.25, 0.3) is 0 Å². The van der Waals surface area contributed by atoms with Crippen LogP contribution in [0.1, 0.15) is 43.7 Å². The van der Waals surface area contributed by atoms with E-state index in [2.05, 4.69) is 19.9 Å². The third-order valence-electron chi connectivity index (χ3n) is 3.35. The van der Waals surface area contributed by atoms with Gasteiger partial charge < -0.3 is 9.64 Å². The molecule has 0 aromatic heterocycles. The highest BCUT2D eigenvalue weighted by molar-refractivity contribution is 5.71. The van der Waals surface area contributed by atoms with Crippen LogP contribution in [-0.4, -0.2) is 24.1 Å². The zero-order chi connectivity index (χ0) is 13.1. The minimum atomic E-state index is -0.208. The average molecular weight is 247 g/mol. The molecule has 0 bridgehead atoms. The van der Waals surface area contributed by atoms with E-state index in [1.807, 2.05) is 19.1 Å². The predicted molar refractivity (Wildman–Crippen MR) is 72.1 cm³/mol. The maximum absolute atomic E-state index is 12.0. The number of hydrogen-bond acceptors (Lipinski definition) is 2. The quantitative estimate of drug-likeness (QED) is 0.797. The van der Waals surface area contributed by atoms with Crippen molar-refractivity contribution < 1.29 is 9.53 Å². The Morgan fingerprint density at radius 3 is 2.56 bits per heavy atom. The van der Waals surface area contributed by atoms with Crippen LogP contribution in [0.4, 0.5) is 4.79 Å². The second kappa shape index (κ2) is 5.42. The molecule has 3 nitrogen and oxygen atoms in total. The first kappa shape index (κ1) is 12.9. The van der Waals surface area contributed by atoms with Gasteiger partial charge >= 0.3 is 6.09 Å². The summed E-state index contributed by atoms with van der Waals surface area (Å²) >= 11 is 0. The van der Waals surface area contributed by atoms with Crippen molar-refractivity contribution in [2.45, 2.75) is 39.5 Å². The molecule has 0 N–H and O–H groups in total. The molecule has 0 radical (unpaired) electrons. The summed E-state index contributed by atoms with van der Waals surface area (Å²) in [5.41, 5.74) is 2.21. The molecule has 1 aliphatic heterocycles. The number of hydrogen-bond donors (Lipinski definition) is 0. The van der Waals surface area contributed by atoms with Gasteiger partial charge in [-0.15, -0.1) is 0 Å². The van der Waals surface area contributed by atoms with Gasteiger partial charge in [-0.05, 0) is 42.9 Å². The van der Waals surface area contributed by atoms with Crippen LogP contribution in [0.3, 0.4) is 0 Å². The number of carbonyl (C=O) groups is 1. The van der Waals surface area contributed by atoms with Gasteiger partial charge in [0, 0.05) is 13.1 Å². The maximum atomic E-state index is 12.0. The molecule has 1 aliphatic rings. The van der Waals surface area contributed by atoms with E-state index in [9.17, 15) is 4.79 Å². The van der Waals surface area contributed by atoms with E-state index in [-0.39, 0.29) is 6.09 Å². The summed E-state index contributed by atoms with van der Waals surface area (Å²) in [5, 5.41) is 0. The molecule has 1 aromatic carbocycles. The van der Waals surface area contributed by atoms with Crippen molar-refractivity contribution in [2.75, 3.05) is 13.1 Å². The molecule has 1 amide bonds. The van der Waals surface area contributed by atoms with Gasteiger partial charge in [-0.3, -0.25) is 0 Å². The number of aryl methyl sites for hydroxylation is 1. The van der Waals surface area contributed by atoms with E-state index in [1.165, 1.54) is 0 Å². The van der Waals surface area contributed by atoms with Gasteiger partial charge in [-0.2, -0.15) is 0 Å². The Hall–Kier alpha value is -1.51. The van der Waals surface area contributed by atoms with Crippen molar-refractivity contribution >= 4 is 6.09 Å². The van der Waals surface area contributed by atoms with Crippen molar-refractivity contribution in [3.8, 4) is 5.75 Å². The lowest BCUT2D eigenvalue weighted by Gasteiger charge is -2.18. The standard InChI is InChI=1S/C15H21NO2/c1-11(2)13-7-6-12(3)10-14(13)18-15(17)16-8-4-5-9-16/h6-7,10-11H,4-5,8-9H2,1-3H3. The molecule has 1 saturated heterocycles. The summed E-state index contributed by atoms with van der Waals surface area (Å²) in [5.74, 6) is 1.06. The summed E-state index contributed by atoms with van der Waals surface area (Å²) in [6, 6.07) is 6.05. The lowest BCUT2D eigenvalue weighted by atomic mass is 10.0. The third kappa shape index (κ3) is 2.84. The van der Waals surface area contributed by atoms with Crippen molar-refractivity contribution in [3.63, 3.8) is 0 Å². The van der Waals surface area contributed by atoms with Gasteiger partial charge in [-0.1, -0.05) is 26.0 Å². The second-order valence-electron chi connectivity index (χ2n) is 5.26. The molecule has 1 fully saturated rings. The molecule has 3 heteroatoms. The van der Waals surface area contributed by atoms with E-state index < -0.39 is 0 Å². The van der Waals surface area contributed by atoms with E-state index in [4.69, 9.17) is 4.74 Å². The van der Waals surface area contributed by atoms with Gasteiger partial charge in [0.1, 0.15) is 5.75 Å². The Kier molecular flexibility index (Phi) is 3.90. The fraction of sp³-hybridized carbons (Fsp3) is 0.533. The van der Waals surface area contributed by atoms with Gasteiger partial charge in [0.2, 0.25) is 0 Å². The van der Waals surface area contributed by atoms with Crippen LogP contribution >= 0.6 is 0 Å². The van der Waals surface area contributed by atoms with Crippen molar-refractivity contribution in [2.24, 2.45) is 0 Å². The number of amides is 1. The highest BCUT2D eigenvalue weighted by Gasteiger charge is 2.21. The molecule has 0 saturated carbocycles. The SMILES string of the molecule is Cc1ccc(C(C)C)c(OC(=O)N2CCCC2)c1. The first-order valence-electron chi connectivity index (χ1n) is 6.65. The number of likely N-dealkylation sites (tertiary alicyclic amines) is 1. The fourth-order valence-corrected chi connectivity index (χ4v) is 2.27. The number of rotatable bonds is 2. The van der Waals surface area contributed by atoms with Crippen LogP contribution in [0.25, 0.3) is 0 Å². The zero-order valence-corrected chi connectivity index (χ0v) is 11.4. The van der Waals surface area contributed by atoms with Crippen LogP contribution < -0.4 is 4.74 Å². The Morgan fingerprint density at radius 2 is 1.94 bits per heavy atom. The van der Waals surface area contributed by atoms with E-state index in [0.717, 1.165) is 37.1 Å². The van der Waals surface area contributed by atoms with Crippen LogP contribution in [0.5, 0.6) is 5.75 Å². The monoisotopic (exact) mass is 247 g/mol. The van der Waals surface area contributed by atoms with Crippen molar-refractivity contribution in [1.82, 2.24) is 4.90 Å². The number of benzene rings is 1. The van der Waals surface area contributed by atoms with E-state index in [1.54, 1.807) is 4.90 Å².